The number of hydrogen-bond acceptors (Lipinski definition) is 8. The van der Waals surface area contributed by atoms with Crippen molar-refractivity contribution in [1.82, 2.24) is 9.62 Å². The molecule has 2 bridgehead atoms. The highest BCUT2D eigenvalue weighted by Gasteiger charge is 2.57. The van der Waals surface area contributed by atoms with E-state index in [4.69, 9.17) is 9.47 Å². The van der Waals surface area contributed by atoms with E-state index in [1.54, 1.807) is 24.3 Å². The molecule has 9 nitrogen and oxygen atoms in total. The summed E-state index contributed by atoms with van der Waals surface area (Å²) in [5, 5.41) is 3.47. The van der Waals surface area contributed by atoms with Crippen LogP contribution in [0.2, 0.25) is 0 Å². The highest BCUT2D eigenvalue weighted by molar-refractivity contribution is 7.90. The molecule has 10 heteroatoms. The predicted octanol–water partition coefficient (Wildman–Crippen LogP) is 9.72. The lowest BCUT2D eigenvalue weighted by Gasteiger charge is -2.64. The van der Waals surface area contributed by atoms with Gasteiger partial charge in [0.2, 0.25) is 0 Å². The molecule has 0 aromatic heterocycles. The molecule has 2 N–H and O–H groups in total. The number of amides is 1. The van der Waals surface area contributed by atoms with E-state index in [9.17, 15) is 13.2 Å². The molecule has 0 spiro atoms. The van der Waals surface area contributed by atoms with Crippen LogP contribution in [-0.4, -0.2) is 70.7 Å². The van der Waals surface area contributed by atoms with Crippen molar-refractivity contribution in [2.24, 2.45) is 29.1 Å². The Morgan fingerprint density at radius 2 is 1.62 bits per heavy atom. The number of aryl methyl sites for hydroxylation is 2. The van der Waals surface area contributed by atoms with E-state index in [1.165, 1.54) is 18.4 Å². The van der Waals surface area contributed by atoms with Crippen LogP contribution in [-0.2, 0) is 21.2 Å². The zero-order valence-corrected chi connectivity index (χ0v) is 36.8. The molecule has 320 valence electrons. The van der Waals surface area contributed by atoms with Gasteiger partial charge in [-0.2, -0.15) is 0 Å². The fraction of sp³-hybridized carbons (Fsp3) is 0.500. The summed E-state index contributed by atoms with van der Waals surface area (Å²) in [7, 11) is -4.17. The first-order chi connectivity index (χ1) is 29.0. The monoisotopic (exact) mass is 832 g/mol. The number of hydrogen-bond donors (Lipinski definition) is 2. The number of nitrogens with one attached hydrogen (secondary N) is 2. The zero-order valence-electron chi connectivity index (χ0n) is 35.9. The second-order valence-corrected chi connectivity index (χ2v) is 20.2. The summed E-state index contributed by atoms with van der Waals surface area (Å²) >= 11 is 0. The zero-order chi connectivity index (χ0) is 41.9. The maximum atomic E-state index is 13.9. The van der Waals surface area contributed by atoms with Gasteiger partial charge in [-0.3, -0.25) is 9.69 Å². The quantitative estimate of drug-likeness (QED) is 0.122. The molecular weight excluding hydrogens is 769 g/mol. The minimum absolute atomic E-state index is 0.0347. The maximum Gasteiger partial charge on any atom is 0.268 e. The number of carbonyl (C=O) groups is 1. The lowest BCUT2D eigenvalue weighted by molar-refractivity contribution is -0.145. The number of anilines is 2. The van der Waals surface area contributed by atoms with Gasteiger partial charge < -0.3 is 19.7 Å². The summed E-state index contributed by atoms with van der Waals surface area (Å²) in [4.78, 5) is 19.2. The van der Waals surface area contributed by atoms with Gasteiger partial charge in [0, 0.05) is 62.4 Å². The number of ether oxygens (including phenoxy) is 2. The van der Waals surface area contributed by atoms with E-state index in [-0.39, 0.29) is 10.5 Å². The van der Waals surface area contributed by atoms with E-state index in [0.29, 0.717) is 40.8 Å². The van der Waals surface area contributed by atoms with Crippen LogP contribution < -0.4 is 19.7 Å². The van der Waals surface area contributed by atoms with Gasteiger partial charge in [-0.1, -0.05) is 69.3 Å². The molecular formula is C50H64N4O5S. The molecule has 4 aromatic rings. The first kappa shape index (κ1) is 42.3. The first-order valence-corrected chi connectivity index (χ1v) is 23.9. The molecule has 3 saturated carbocycles. The van der Waals surface area contributed by atoms with Crippen LogP contribution in [0, 0.1) is 36.0 Å². The molecule has 5 fully saturated rings. The molecule has 4 aromatic carbocycles. The van der Waals surface area contributed by atoms with Gasteiger partial charge in [0.1, 0.15) is 11.5 Å². The maximum absolute atomic E-state index is 13.9. The van der Waals surface area contributed by atoms with Crippen molar-refractivity contribution < 1.29 is 22.7 Å². The normalized spacial score (nSPS) is 23.2. The largest absolute Gasteiger partial charge is 0.456 e. The summed E-state index contributed by atoms with van der Waals surface area (Å²) < 4.78 is 41.5. The fourth-order valence-electron chi connectivity index (χ4n) is 10.8. The number of carbonyl (C=O) groups excluding carboxylic acids is 1. The molecule has 4 atom stereocenters. The van der Waals surface area contributed by atoms with Crippen molar-refractivity contribution in [3.05, 3.63) is 114 Å². The molecule has 3 aliphatic carbocycles. The van der Waals surface area contributed by atoms with Gasteiger partial charge in [0.15, 0.2) is 0 Å². The van der Waals surface area contributed by atoms with Crippen molar-refractivity contribution in [2.45, 2.75) is 96.0 Å². The number of nitrogens with zero attached hydrogens (tertiary/aromatic N) is 2. The fourth-order valence-corrected chi connectivity index (χ4v) is 11.8. The lowest BCUT2D eigenvalue weighted by atomic mass is 9.44. The average molecular weight is 833 g/mol. The van der Waals surface area contributed by atoms with Crippen LogP contribution in [0.5, 0.6) is 11.5 Å². The molecule has 2 heterocycles. The van der Waals surface area contributed by atoms with Crippen molar-refractivity contribution in [3.63, 3.8) is 0 Å². The molecule has 2 saturated heterocycles. The Hall–Kier alpha value is -4.38. The third kappa shape index (κ3) is 9.41. The lowest BCUT2D eigenvalue weighted by Crippen LogP contribution is -2.63. The predicted molar refractivity (Wildman–Crippen MR) is 240 cm³/mol. The number of piperidine rings is 1. The Morgan fingerprint density at radius 1 is 0.900 bits per heavy atom. The number of rotatable bonds is 15. The van der Waals surface area contributed by atoms with Crippen LogP contribution in [0.1, 0.15) is 87.2 Å². The van der Waals surface area contributed by atoms with Crippen LogP contribution in [0.15, 0.2) is 102 Å². The van der Waals surface area contributed by atoms with E-state index >= 15 is 0 Å². The molecule has 0 radical (unpaired) electrons. The second-order valence-electron chi connectivity index (χ2n) is 18.5. The highest BCUT2D eigenvalue weighted by Crippen LogP contribution is 2.62. The first-order valence-electron chi connectivity index (χ1n) is 22.4. The minimum atomic E-state index is -4.17. The van der Waals surface area contributed by atoms with Crippen molar-refractivity contribution in [2.75, 3.05) is 49.6 Å². The molecule has 1 amide bonds. The van der Waals surface area contributed by atoms with E-state index in [2.05, 4.69) is 70.9 Å². The van der Waals surface area contributed by atoms with Gasteiger partial charge in [0.25, 0.3) is 15.9 Å². The minimum Gasteiger partial charge on any atom is -0.456 e. The van der Waals surface area contributed by atoms with Gasteiger partial charge in [-0.25, -0.2) is 13.1 Å². The Balaban J connectivity index is 0.959. The Labute approximate surface area is 358 Å². The van der Waals surface area contributed by atoms with Crippen LogP contribution in [0.25, 0.3) is 0 Å². The molecule has 0 unspecified atom stereocenters. The summed E-state index contributed by atoms with van der Waals surface area (Å²) in [5.41, 5.74) is 4.66. The van der Waals surface area contributed by atoms with Gasteiger partial charge in [-0.05, 0) is 148 Å². The van der Waals surface area contributed by atoms with Crippen molar-refractivity contribution >= 4 is 27.3 Å². The summed E-state index contributed by atoms with van der Waals surface area (Å²) in [6.07, 6.45) is 9.08. The molecule has 60 heavy (non-hydrogen) atoms. The van der Waals surface area contributed by atoms with E-state index in [1.807, 2.05) is 49.4 Å². The van der Waals surface area contributed by atoms with E-state index < -0.39 is 15.9 Å². The summed E-state index contributed by atoms with van der Waals surface area (Å²) in [6.45, 7) is 14.6. The van der Waals surface area contributed by atoms with Crippen LogP contribution in [0.3, 0.4) is 0 Å². The van der Waals surface area contributed by atoms with E-state index in [0.717, 1.165) is 107 Å². The summed E-state index contributed by atoms with van der Waals surface area (Å²) in [5.74, 6) is 2.97. The summed E-state index contributed by atoms with van der Waals surface area (Å²) in [6, 6.07) is 31.8. The third-order valence-corrected chi connectivity index (χ3v) is 15.9. The standard InChI is InChI=1S/C50H64N4O5S/c1-35-30-43(18-20-46(35)51-34-38-23-28-58-29-24-38)60(56,57)52-49(55)44-19-17-41(33-48(44)59-42-15-9-6-10-16-42)53-26-21-40(22-27-53)54(25-11-14-37-12-7-5-8-13-37)47-32-39-31-45(36(47)2)50(39,3)4/h5-10,12-13,15-20,30,33,36,38-40,45,47,51H,11,14,21-29,31-32,34H2,1-4H3,(H,52,55)/t36-,39+,45-,47-/m0/s1. The number of benzene rings is 4. The van der Waals surface area contributed by atoms with Crippen molar-refractivity contribution in [3.8, 4) is 11.5 Å². The Bertz CT molecular complexity index is 2180. The molecule has 2 aliphatic heterocycles. The van der Waals surface area contributed by atoms with Gasteiger partial charge in [-0.15, -0.1) is 0 Å². The number of sulfonamides is 1. The van der Waals surface area contributed by atoms with Gasteiger partial charge in [0.05, 0.1) is 10.5 Å². The smallest absolute Gasteiger partial charge is 0.268 e. The van der Waals surface area contributed by atoms with Crippen molar-refractivity contribution in [1.29, 1.82) is 0 Å². The Kier molecular flexibility index (Phi) is 12.9. The van der Waals surface area contributed by atoms with Gasteiger partial charge >= 0.3 is 0 Å². The highest BCUT2D eigenvalue weighted by atomic mass is 32.2. The average Bonchev–Trinajstić information content (AvgIpc) is 3.26. The topological polar surface area (TPSA) is 100 Å². The second kappa shape index (κ2) is 18.3. The Morgan fingerprint density at radius 3 is 2.30 bits per heavy atom. The van der Waals surface area contributed by atoms with Crippen LogP contribution in [0.4, 0.5) is 11.4 Å². The number of fused-ring (bicyclic) bond motifs is 2. The molecule has 5 aliphatic rings. The SMILES string of the molecule is Cc1cc(S(=O)(=O)NC(=O)c2ccc(N3CCC(N(CCCc4ccccc4)[C@H]4C[C@H]5C[C@@H]([C@@H]4C)C5(C)C)CC3)cc2Oc2ccccc2)ccc1NCC1CCOCC1. The van der Waals surface area contributed by atoms with Crippen LogP contribution >= 0.6 is 0 Å². The third-order valence-electron chi connectivity index (χ3n) is 14.6. The molecule has 9 rings (SSSR count). The number of para-hydroxylation sites is 1.